The number of hydrazone groups is 1. The highest BCUT2D eigenvalue weighted by Gasteiger charge is 2.33. The van der Waals surface area contributed by atoms with Crippen molar-refractivity contribution < 1.29 is 23.9 Å². The lowest BCUT2D eigenvalue weighted by molar-refractivity contribution is -0.152. The Morgan fingerprint density at radius 3 is 2.39 bits per heavy atom. The maximum atomic E-state index is 13.1. The molecular formula is C28H28N2O5S. The maximum absolute atomic E-state index is 13.1. The summed E-state index contributed by atoms with van der Waals surface area (Å²) < 4.78 is 10.5. The fraction of sp³-hybridized carbons (Fsp3) is 0.286. The van der Waals surface area contributed by atoms with Crippen molar-refractivity contribution in [1.82, 2.24) is 5.01 Å². The molecule has 3 aromatic rings. The highest BCUT2D eigenvalue weighted by Crippen LogP contribution is 2.33. The summed E-state index contributed by atoms with van der Waals surface area (Å²) in [5.41, 5.74) is 3.25. The second-order valence-electron chi connectivity index (χ2n) is 8.55. The average Bonchev–Trinajstić information content (AvgIpc) is 3.49. The smallest absolute Gasteiger partial charge is 0.306 e. The van der Waals surface area contributed by atoms with Crippen LogP contribution in [0.5, 0.6) is 5.75 Å². The number of benzene rings is 2. The lowest BCUT2D eigenvalue weighted by atomic mass is 9.98. The number of nitrogens with zero attached hydrogens (tertiary/aromatic N) is 2. The zero-order chi connectivity index (χ0) is 25.7. The van der Waals surface area contributed by atoms with Gasteiger partial charge in [0.05, 0.1) is 25.3 Å². The van der Waals surface area contributed by atoms with Gasteiger partial charge >= 0.3 is 5.97 Å². The molecule has 1 aliphatic rings. The zero-order valence-electron chi connectivity index (χ0n) is 20.5. The van der Waals surface area contributed by atoms with Gasteiger partial charge < -0.3 is 9.47 Å². The Morgan fingerprint density at radius 2 is 1.75 bits per heavy atom. The third kappa shape index (κ3) is 5.88. The van der Waals surface area contributed by atoms with Gasteiger partial charge in [-0.1, -0.05) is 42.5 Å². The van der Waals surface area contributed by atoms with Crippen LogP contribution in [0.2, 0.25) is 0 Å². The van der Waals surface area contributed by atoms with Gasteiger partial charge in [0.15, 0.2) is 12.4 Å². The molecule has 1 unspecified atom stereocenters. The number of aryl methyl sites for hydroxylation is 2. The molecule has 0 spiro atoms. The normalized spacial score (nSPS) is 14.9. The summed E-state index contributed by atoms with van der Waals surface area (Å²) in [6, 6.07) is 18.7. The fourth-order valence-electron chi connectivity index (χ4n) is 4.17. The number of Topliss-reactive ketones (excluding diaryl/α,β-unsaturated/α-hetero) is 1. The van der Waals surface area contributed by atoms with E-state index in [2.05, 4.69) is 5.10 Å². The summed E-state index contributed by atoms with van der Waals surface area (Å²) in [5.74, 6) is -0.397. The summed E-state index contributed by atoms with van der Waals surface area (Å²) in [6.07, 6.45) is 0.489. The Morgan fingerprint density at radius 1 is 1.03 bits per heavy atom. The van der Waals surface area contributed by atoms with Gasteiger partial charge in [-0.25, -0.2) is 5.01 Å². The van der Waals surface area contributed by atoms with E-state index < -0.39 is 18.5 Å². The van der Waals surface area contributed by atoms with Crippen molar-refractivity contribution in [2.45, 2.75) is 39.2 Å². The van der Waals surface area contributed by atoms with E-state index in [-0.39, 0.29) is 24.7 Å². The summed E-state index contributed by atoms with van der Waals surface area (Å²) in [7, 11) is 1.60. The van der Waals surface area contributed by atoms with Gasteiger partial charge in [-0.2, -0.15) is 5.10 Å². The number of methoxy groups -OCH3 is 1. The van der Waals surface area contributed by atoms with Crippen molar-refractivity contribution in [3.8, 4) is 5.75 Å². The Balaban J connectivity index is 1.41. The first-order valence-corrected chi connectivity index (χ1v) is 12.5. The standard InChI is InChI=1S/C28H28N2O5S/c1-18-15-23(19(2)36-18)26(31)13-14-28(33)35-17-27(32)30-25(21-9-11-22(34-3)12-10-21)16-24(29-30)20-7-5-4-6-8-20/h4-12,15,25H,13-14,16-17H2,1-3H3. The summed E-state index contributed by atoms with van der Waals surface area (Å²) in [5, 5.41) is 5.98. The highest BCUT2D eigenvalue weighted by molar-refractivity contribution is 7.12. The molecule has 0 saturated heterocycles. The molecular weight excluding hydrogens is 476 g/mol. The molecule has 7 nitrogen and oxygen atoms in total. The molecule has 8 heteroatoms. The van der Waals surface area contributed by atoms with Crippen LogP contribution in [0.25, 0.3) is 0 Å². The Labute approximate surface area is 214 Å². The number of hydrogen-bond donors (Lipinski definition) is 0. The number of carbonyl (C=O) groups excluding carboxylic acids is 3. The minimum atomic E-state index is -0.589. The van der Waals surface area contributed by atoms with Crippen molar-refractivity contribution in [2.24, 2.45) is 5.10 Å². The van der Waals surface area contributed by atoms with Gasteiger partial charge in [-0.3, -0.25) is 14.4 Å². The monoisotopic (exact) mass is 504 g/mol. The van der Waals surface area contributed by atoms with Crippen LogP contribution >= 0.6 is 11.3 Å². The highest BCUT2D eigenvalue weighted by atomic mass is 32.1. The second kappa shape index (κ2) is 11.3. The largest absolute Gasteiger partial charge is 0.497 e. The van der Waals surface area contributed by atoms with Crippen LogP contribution in [0.1, 0.15) is 56.5 Å². The molecule has 4 rings (SSSR count). The Hall–Kier alpha value is -3.78. The van der Waals surface area contributed by atoms with E-state index in [1.165, 1.54) is 5.01 Å². The van der Waals surface area contributed by atoms with E-state index >= 15 is 0 Å². The van der Waals surface area contributed by atoms with Crippen LogP contribution in [0.3, 0.4) is 0 Å². The molecule has 0 bridgehead atoms. The minimum Gasteiger partial charge on any atom is -0.497 e. The maximum Gasteiger partial charge on any atom is 0.306 e. The number of hydrogen-bond acceptors (Lipinski definition) is 7. The van der Waals surface area contributed by atoms with Crippen molar-refractivity contribution >= 4 is 34.7 Å². The number of ether oxygens (including phenoxy) is 2. The predicted octanol–water partition coefficient (Wildman–Crippen LogP) is 5.26. The zero-order valence-corrected chi connectivity index (χ0v) is 21.3. The van der Waals surface area contributed by atoms with Crippen LogP contribution in [-0.2, 0) is 14.3 Å². The first kappa shape index (κ1) is 25.3. The van der Waals surface area contributed by atoms with Gasteiger partial charge in [0.1, 0.15) is 5.75 Å². The van der Waals surface area contributed by atoms with Gasteiger partial charge in [-0.15, -0.1) is 11.3 Å². The van der Waals surface area contributed by atoms with Gasteiger partial charge in [0.2, 0.25) is 0 Å². The molecule has 1 aliphatic heterocycles. The van der Waals surface area contributed by atoms with E-state index in [0.717, 1.165) is 32.3 Å². The number of carbonyl (C=O) groups is 3. The first-order chi connectivity index (χ1) is 17.4. The molecule has 2 aromatic carbocycles. The van der Waals surface area contributed by atoms with E-state index in [0.29, 0.717) is 12.0 Å². The third-order valence-electron chi connectivity index (χ3n) is 6.03. The Bertz CT molecular complexity index is 1280. The van der Waals surface area contributed by atoms with E-state index in [1.54, 1.807) is 18.4 Å². The lowest BCUT2D eigenvalue weighted by Crippen LogP contribution is -2.31. The quantitative estimate of drug-likeness (QED) is 0.293. The van der Waals surface area contributed by atoms with Crippen molar-refractivity contribution in [1.29, 1.82) is 0 Å². The number of esters is 1. The number of ketones is 1. The molecule has 36 heavy (non-hydrogen) atoms. The van der Waals surface area contributed by atoms with Crippen LogP contribution in [0.4, 0.5) is 0 Å². The van der Waals surface area contributed by atoms with Gasteiger partial charge in [-0.05, 0) is 43.2 Å². The summed E-state index contributed by atoms with van der Waals surface area (Å²) >= 11 is 1.55. The van der Waals surface area contributed by atoms with Crippen molar-refractivity contribution in [3.63, 3.8) is 0 Å². The topological polar surface area (TPSA) is 85.3 Å². The second-order valence-corrected chi connectivity index (χ2v) is 10.0. The molecule has 0 N–H and O–H groups in total. The van der Waals surface area contributed by atoms with E-state index in [4.69, 9.17) is 9.47 Å². The molecule has 0 radical (unpaired) electrons. The van der Waals surface area contributed by atoms with Crippen molar-refractivity contribution in [3.05, 3.63) is 87.1 Å². The number of amides is 1. The Kier molecular flexibility index (Phi) is 7.95. The van der Waals surface area contributed by atoms with Crippen LogP contribution in [0.15, 0.2) is 65.8 Å². The molecule has 0 aliphatic carbocycles. The number of rotatable bonds is 9. The molecule has 0 saturated carbocycles. The summed E-state index contributed by atoms with van der Waals surface area (Å²) in [6.45, 7) is 3.39. The predicted molar refractivity (Wildman–Crippen MR) is 138 cm³/mol. The van der Waals surface area contributed by atoms with Crippen LogP contribution in [-0.4, -0.2) is 42.1 Å². The van der Waals surface area contributed by atoms with Crippen LogP contribution < -0.4 is 4.74 Å². The average molecular weight is 505 g/mol. The van der Waals surface area contributed by atoms with Crippen LogP contribution in [0, 0.1) is 13.8 Å². The van der Waals surface area contributed by atoms with E-state index in [9.17, 15) is 14.4 Å². The van der Waals surface area contributed by atoms with E-state index in [1.807, 2.05) is 74.5 Å². The fourth-order valence-corrected chi connectivity index (χ4v) is 5.11. The number of thiophene rings is 1. The molecule has 1 atom stereocenters. The molecule has 0 fully saturated rings. The SMILES string of the molecule is COc1ccc(C2CC(c3ccccc3)=NN2C(=O)COC(=O)CCC(=O)c2cc(C)sc2C)cc1. The van der Waals surface area contributed by atoms with Gasteiger partial charge in [0.25, 0.3) is 5.91 Å². The molecule has 2 heterocycles. The summed E-state index contributed by atoms with van der Waals surface area (Å²) in [4.78, 5) is 39.8. The first-order valence-electron chi connectivity index (χ1n) is 11.7. The van der Waals surface area contributed by atoms with Crippen molar-refractivity contribution in [2.75, 3.05) is 13.7 Å². The minimum absolute atomic E-state index is 0.0402. The molecule has 186 valence electrons. The third-order valence-corrected chi connectivity index (χ3v) is 6.99. The molecule has 1 aromatic heterocycles. The molecule has 1 amide bonds. The lowest BCUT2D eigenvalue weighted by Gasteiger charge is -2.22. The van der Waals surface area contributed by atoms with Gasteiger partial charge in [0, 0.05) is 28.2 Å².